The van der Waals surface area contributed by atoms with Crippen LogP contribution in [0.1, 0.15) is 24.2 Å². The molecule has 2 atom stereocenters. The van der Waals surface area contributed by atoms with E-state index in [9.17, 15) is 4.39 Å². The van der Waals surface area contributed by atoms with E-state index >= 15 is 0 Å². The van der Waals surface area contributed by atoms with Crippen LogP contribution in [-0.4, -0.2) is 6.04 Å². The number of nitrogens with two attached hydrogens (primary N) is 1. The van der Waals surface area contributed by atoms with Gasteiger partial charge in [0.2, 0.25) is 0 Å². The highest BCUT2D eigenvalue weighted by Gasteiger charge is 2.19. The van der Waals surface area contributed by atoms with E-state index in [1.54, 1.807) is 0 Å². The number of halogens is 2. The zero-order valence-electron chi connectivity index (χ0n) is 11.4. The number of aryl methyl sites for hydroxylation is 1. The van der Waals surface area contributed by atoms with Crippen molar-refractivity contribution < 1.29 is 9.13 Å². The molecule has 0 aliphatic heterocycles. The SMILES string of the molecule is Cc1ccc(C(Oc2ccc(F)cc2Cl)C(C)N)cc1. The van der Waals surface area contributed by atoms with Crippen LogP contribution in [0.15, 0.2) is 42.5 Å². The third-order valence-corrected chi connectivity index (χ3v) is 3.33. The van der Waals surface area contributed by atoms with Crippen LogP contribution in [0.3, 0.4) is 0 Å². The number of rotatable bonds is 4. The lowest BCUT2D eigenvalue weighted by atomic mass is 10.0. The molecule has 2 nitrogen and oxygen atoms in total. The molecule has 0 aliphatic carbocycles. The molecule has 2 aromatic rings. The standard InChI is InChI=1S/C16H17ClFNO/c1-10-3-5-12(6-4-10)16(11(2)19)20-15-8-7-13(18)9-14(15)17/h3-9,11,16H,19H2,1-2H3. The molecule has 0 aromatic heterocycles. The van der Waals surface area contributed by atoms with Crippen LogP contribution in [-0.2, 0) is 0 Å². The number of hydrogen-bond donors (Lipinski definition) is 1. The molecule has 20 heavy (non-hydrogen) atoms. The second-order valence-corrected chi connectivity index (χ2v) is 5.29. The van der Waals surface area contributed by atoms with Crippen molar-refractivity contribution in [3.8, 4) is 5.75 Å². The van der Waals surface area contributed by atoms with Gasteiger partial charge in [0, 0.05) is 6.04 Å². The summed E-state index contributed by atoms with van der Waals surface area (Å²) < 4.78 is 18.9. The van der Waals surface area contributed by atoms with E-state index in [1.807, 2.05) is 38.1 Å². The summed E-state index contributed by atoms with van der Waals surface area (Å²) in [6.07, 6.45) is -0.335. The molecule has 0 amide bonds. The van der Waals surface area contributed by atoms with Crippen LogP contribution in [0.25, 0.3) is 0 Å². The molecule has 2 unspecified atom stereocenters. The van der Waals surface area contributed by atoms with E-state index in [2.05, 4.69) is 0 Å². The van der Waals surface area contributed by atoms with E-state index in [-0.39, 0.29) is 17.2 Å². The first-order valence-corrected chi connectivity index (χ1v) is 6.79. The fourth-order valence-electron chi connectivity index (χ4n) is 1.94. The lowest BCUT2D eigenvalue weighted by molar-refractivity contribution is 0.180. The Morgan fingerprint density at radius 2 is 1.80 bits per heavy atom. The Hall–Kier alpha value is -1.58. The molecule has 0 fully saturated rings. The summed E-state index contributed by atoms with van der Waals surface area (Å²) in [7, 11) is 0. The molecule has 0 saturated carbocycles. The van der Waals surface area contributed by atoms with Crippen LogP contribution < -0.4 is 10.5 Å². The van der Waals surface area contributed by atoms with Gasteiger partial charge in [0.15, 0.2) is 0 Å². The molecule has 0 saturated heterocycles. The monoisotopic (exact) mass is 293 g/mol. The van der Waals surface area contributed by atoms with Crippen molar-refractivity contribution in [2.45, 2.75) is 26.0 Å². The third kappa shape index (κ3) is 3.50. The zero-order valence-corrected chi connectivity index (χ0v) is 12.2. The Balaban J connectivity index is 2.28. The lowest BCUT2D eigenvalue weighted by Crippen LogP contribution is -2.29. The number of benzene rings is 2. The summed E-state index contributed by atoms with van der Waals surface area (Å²) in [6, 6.07) is 11.8. The maximum Gasteiger partial charge on any atom is 0.139 e. The van der Waals surface area contributed by atoms with Crippen molar-refractivity contribution in [2.24, 2.45) is 5.73 Å². The van der Waals surface area contributed by atoms with Gasteiger partial charge in [-0.25, -0.2) is 4.39 Å². The summed E-state index contributed by atoms with van der Waals surface area (Å²) in [4.78, 5) is 0. The first-order chi connectivity index (χ1) is 9.47. The van der Waals surface area contributed by atoms with E-state index < -0.39 is 5.82 Å². The maximum atomic E-state index is 13.0. The topological polar surface area (TPSA) is 35.2 Å². The van der Waals surface area contributed by atoms with Crippen LogP contribution in [0.2, 0.25) is 5.02 Å². The highest BCUT2D eigenvalue weighted by molar-refractivity contribution is 6.32. The van der Waals surface area contributed by atoms with E-state index in [0.717, 1.165) is 11.1 Å². The molecule has 2 rings (SSSR count). The van der Waals surface area contributed by atoms with Crippen molar-refractivity contribution >= 4 is 11.6 Å². The Bertz CT molecular complexity index is 584. The van der Waals surface area contributed by atoms with Crippen molar-refractivity contribution in [3.05, 3.63) is 64.4 Å². The van der Waals surface area contributed by atoms with Gasteiger partial charge in [0.1, 0.15) is 17.7 Å². The first kappa shape index (κ1) is 14.8. The Morgan fingerprint density at radius 3 is 2.35 bits per heavy atom. The van der Waals surface area contributed by atoms with Crippen LogP contribution in [0, 0.1) is 12.7 Å². The Labute approximate surface area is 123 Å². The van der Waals surface area contributed by atoms with Gasteiger partial charge in [0.05, 0.1) is 5.02 Å². The van der Waals surface area contributed by atoms with Gasteiger partial charge in [-0.2, -0.15) is 0 Å². The van der Waals surface area contributed by atoms with Crippen LogP contribution >= 0.6 is 11.6 Å². The highest BCUT2D eigenvalue weighted by Crippen LogP contribution is 2.30. The molecule has 4 heteroatoms. The zero-order chi connectivity index (χ0) is 14.7. The third-order valence-electron chi connectivity index (χ3n) is 3.03. The van der Waals surface area contributed by atoms with Gasteiger partial charge in [-0.1, -0.05) is 41.4 Å². The first-order valence-electron chi connectivity index (χ1n) is 6.41. The predicted molar refractivity (Wildman–Crippen MR) is 79.6 cm³/mol. The van der Waals surface area contributed by atoms with Crippen molar-refractivity contribution in [1.82, 2.24) is 0 Å². The average Bonchev–Trinajstić information content (AvgIpc) is 2.39. The van der Waals surface area contributed by atoms with E-state index in [0.29, 0.717) is 5.75 Å². The molecule has 106 valence electrons. The molecule has 0 spiro atoms. The lowest BCUT2D eigenvalue weighted by Gasteiger charge is -2.23. The molecule has 0 radical (unpaired) electrons. The summed E-state index contributed by atoms with van der Waals surface area (Å²) in [5.74, 6) is 0.0333. The minimum atomic E-state index is -0.393. The normalized spacial score (nSPS) is 13.8. The van der Waals surface area contributed by atoms with Crippen LogP contribution in [0.5, 0.6) is 5.75 Å². The van der Waals surface area contributed by atoms with E-state index in [1.165, 1.54) is 18.2 Å². The summed E-state index contributed by atoms with van der Waals surface area (Å²) in [5, 5.41) is 0.239. The number of hydrogen-bond acceptors (Lipinski definition) is 2. The van der Waals surface area contributed by atoms with Crippen molar-refractivity contribution in [1.29, 1.82) is 0 Å². The maximum absolute atomic E-state index is 13.0. The van der Waals surface area contributed by atoms with Gasteiger partial charge in [-0.05, 0) is 37.6 Å². The van der Waals surface area contributed by atoms with Gasteiger partial charge in [-0.3, -0.25) is 0 Å². The molecule has 0 heterocycles. The molecular weight excluding hydrogens is 277 g/mol. The molecule has 0 bridgehead atoms. The molecule has 0 aliphatic rings. The van der Waals surface area contributed by atoms with Gasteiger partial charge in [-0.15, -0.1) is 0 Å². The van der Waals surface area contributed by atoms with Crippen molar-refractivity contribution in [2.75, 3.05) is 0 Å². The smallest absolute Gasteiger partial charge is 0.139 e. The molecular formula is C16H17ClFNO. The fourth-order valence-corrected chi connectivity index (χ4v) is 2.15. The summed E-state index contributed by atoms with van der Waals surface area (Å²) in [6.45, 7) is 3.88. The van der Waals surface area contributed by atoms with Gasteiger partial charge < -0.3 is 10.5 Å². The Morgan fingerprint density at radius 1 is 1.15 bits per heavy atom. The largest absolute Gasteiger partial charge is 0.483 e. The van der Waals surface area contributed by atoms with Crippen LogP contribution in [0.4, 0.5) is 4.39 Å². The second-order valence-electron chi connectivity index (χ2n) is 4.88. The van der Waals surface area contributed by atoms with Gasteiger partial charge >= 0.3 is 0 Å². The summed E-state index contributed by atoms with van der Waals surface area (Å²) in [5.41, 5.74) is 8.12. The number of ether oxygens (including phenoxy) is 1. The fraction of sp³-hybridized carbons (Fsp3) is 0.250. The second kappa shape index (κ2) is 6.25. The molecule has 2 aromatic carbocycles. The Kier molecular flexibility index (Phi) is 4.63. The quantitative estimate of drug-likeness (QED) is 0.914. The van der Waals surface area contributed by atoms with E-state index in [4.69, 9.17) is 22.1 Å². The highest BCUT2D eigenvalue weighted by atomic mass is 35.5. The minimum Gasteiger partial charge on any atom is -0.483 e. The average molecular weight is 294 g/mol. The summed E-state index contributed by atoms with van der Waals surface area (Å²) >= 11 is 5.99. The molecule has 2 N–H and O–H groups in total. The minimum absolute atomic E-state index is 0.223. The predicted octanol–water partition coefficient (Wildman–Crippen LogP) is 4.25. The van der Waals surface area contributed by atoms with Crippen molar-refractivity contribution in [3.63, 3.8) is 0 Å². The van der Waals surface area contributed by atoms with Gasteiger partial charge in [0.25, 0.3) is 0 Å².